The first-order valence-electron chi connectivity index (χ1n) is 4.48. The Hall–Kier alpha value is -0.0800. The summed E-state index contributed by atoms with van der Waals surface area (Å²) < 4.78 is 6.49. The van der Waals surface area contributed by atoms with Crippen molar-refractivity contribution in [3.8, 4) is 0 Å². The topological polar surface area (TPSA) is 9.23 Å². The maximum atomic E-state index is 5.53. The molecule has 0 radical (unpaired) electrons. The van der Waals surface area contributed by atoms with E-state index in [-0.39, 0.29) is 0 Å². The van der Waals surface area contributed by atoms with Crippen molar-refractivity contribution in [2.24, 2.45) is 0 Å². The van der Waals surface area contributed by atoms with Crippen LogP contribution in [0.25, 0.3) is 0 Å². The Kier molecular flexibility index (Phi) is 4.69. The van der Waals surface area contributed by atoms with Crippen LogP contribution in [-0.2, 0) is 4.74 Å². The van der Waals surface area contributed by atoms with Crippen molar-refractivity contribution in [1.82, 2.24) is 0 Å². The summed E-state index contributed by atoms with van der Waals surface area (Å²) in [6.45, 7) is 8.38. The standard InChI is InChI=1S/C9H22NO/c1-6-8-10(4,5)9(3)11-7-2/h9H,6-8H2,1-5H3/q+1. The van der Waals surface area contributed by atoms with E-state index in [0.29, 0.717) is 6.23 Å². The summed E-state index contributed by atoms with van der Waals surface area (Å²) >= 11 is 0. The van der Waals surface area contributed by atoms with Crippen LogP contribution in [0, 0.1) is 0 Å². The first-order valence-corrected chi connectivity index (χ1v) is 4.48. The first kappa shape index (κ1) is 10.9. The Bertz CT molecular complexity index is 102. The van der Waals surface area contributed by atoms with Crippen molar-refractivity contribution in [1.29, 1.82) is 0 Å². The molecule has 0 heterocycles. The third kappa shape index (κ3) is 3.73. The maximum absolute atomic E-state index is 5.53. The van der Waals surface area contributed by atoms with E-state index in [2.05, 4.69) is 27.9 Å². The second kappa shape index (κ2) is 4.73. The lowest BCUT2D eigenvalue weighted by Gasteiger charge is -2.35. The van der Waals surface area contributed by atoms with Gasteiger partial charge < -0.3 is 9.22 Å². The number of quaternary nitrogens is 1. The highest BCUT2D eigenvalue weighted by Gasteiger charge is 2.22. The molecule has 2 nitrogen and oxygen atoms in total. The van der Waals surface area contributed by atoms with Gasteiger partial charge in [0.25, 0.3) is 0 Å². The van der Waals surface area contributed by atoms with Gasteiger partial charge in [0, 0.05) is 6.92 Å². The van der Waals surface area contributed by atoms with Crippen molar-refractivity contribution in [3.63, 3.8) is 0 Å². The summed E-state index contributed by atoms with van der Waals surface area (Å²) in [4.78, 5) is 0. The summed E-state index contributed by atoms with van der Waals surface area (Å²) in [5, 5.41) is 0. The van der Waals surface area contributed by atoms with Crippen LogP contribution in [0.5, 0.6) is 0 Å². The van der Waals surface area contributed by atoms with Crippen LogP contribution in [0.1, 0.15) is 27.2 Å². The van der Waals surface area contributed by atoms with E-state index in [1.165, 1.54) is 13.0 Å². The van der Waals surface area contributed by atoms with Crippen molar-refractivity contribution < 1.29 is 9.22 Å². The maximum Gasteiger partial charge on any atom is 0.189 e. The highest BCUT2D eigenvalue weighted by atomic mass is 16.5. The molecule has 0 bridgehead atoms. The first-order chi connectivity index (χ1) is 5.04. The predicted molar refractivity (Wildman–Crippen MR) is 48.4 cm³/mol. The Balaban J connectivity index is 3.83. The smallest absolute Gasteiger partial charge is 0.189 e. The molecular weight excluding hydrogens is 138 g/mol. The van der Waals surface area contributed by atoms with E-state index in [4.69, 9.17) is 4.74 Å². The lowest BCUT2D eigenvalue weighted by Crippen LogP contribution is -2.49. The Labute approximate surface area is 70.7 Å². The molecule has 0 spiro atoms. The number of hydrogen-bond donors (Lipinski definition) is 0. The van der Waals surface area contributed by atoms with E-state index in [9.17, 15) is 0 Å². The number of ether oxygens (including phenoxy) is 1. The SMILES string of the molecule is CCC[N+](C)(C)C(C)OCC. The average Bonchev–Trinajstić information content (AvgIpc) is 1.88. The fourth-order valence-electron chi connectivity index (χ4n) is 1.20. The third-order valence-corrected chi connectivity index (χ3v) is 2.19. The van der Waals surface area contributed by atoms with Gasteiger partial charge in [0.1, 0.15) is 0 Å². The predicted octanol–water partition coefficient (Wildman–Crippen LogP) is 1.86. The molecule has 0 amide bonds. The number of rotatable bonds is 5. The van der Waals surface area contributed by atoms with E-state index in [0.717, 1.165) is 11.1 Å². The van der Waals surface area contributed by atoms with Crippen LogP contribution in [-0.4, -0.2) is 38.0 Å². The molecule has 2 heteroatoms. The molecule has 0 saturated carbocycles. The van der Waals surface area contributed by atoms with E-state index >= 15 is 0 Å². The molecule has 0 saturated heterocycles. The monoisotopic (exact) mass is 160 g/mol. The Morgan fingerprint density at radius 2 is 1.82 bits per heavy atom. The van der Waals surface area contributed by atoms with Crippen LogP contribution in [0.2, 0.25) is 0 Å². The lowest BCUT2D eigenvalue weighted by molar-refractivity contribution is -0.935. The highest BCUT2D eigenvalue weighted by Crippen LogP contribution is 2.08. The lowest BCUT2D eigenvalue weighted by atomic mass is 10.3. The normalized spacial score (nSPS) is 15.0. The molecule has 0 fully saturated rings. The molecule has 0 aromatic rings. The second-order valence-corrected chi connectivity index (χ2v) is 3.56. The van der Waals surface area contributed by atoms with E-state index < -0.39 is 0 Å². The van der Waals surface area contributed by atoms with Crippen LogP contribution in [0.15, 0.2) is 0 Å². The van der Waals surface area contributed by atoms with E-state index in [1.807, 2.05) is 6.92 Å². The van der Waals surface area contributed by atoms with Crippen molar-refractivity contribution in [2.75, 3.05) is 27.2 Å². The summed E-state index contributed by atoms with van der Waals surface area (Å²) in [6, 6.07) is 0. The fraction of sp³-hybridized carbons (Fsp3) is 1.00. The Morgan fingerprint density at radius 1 is 1.27 bits per heavy atom. The molecule has 11 heavy (non-hydrogen) atoms. The van der Waals surface area contributed by atoms with Crippen LogP contribution >= 0.6 is 0 Å². The van der Waals surface area contributed by atoms with Gasteiger partial charge in [-0.1, -0.05) is 6.92 Å². The van der Waals surface area contributed by atoms with Gasteiger partial charge >= 0.3 is 0 Å². The van der Waals surface area contributed by atoms with Crippen molar-refractivity contribution in [2.45, 2.75) is 33.4 Å². The summed E-state index contributed by atoms with van der Waals surface area (Å²) in [5.74, 6) is 0. The molecule has 68 valence electrons. The van der Waals surface area contributed by atoms with E-state index in [1.54, 1.807) is 0 Å². The summed E-state index contributed by atoms with van der Waals surface area (Å²) in [7, 11) is 4.42. The molecule has 1 atom stereocenters. The van der Waals surface area contributed by atoms with Crippen LogP contribution in [0.3, 0.4) is 0 Å². The van der Waals surface area contributed by atoms with Gasteiger partial charge in [-0.2, -0.15) is 0 Å². The number of nitrogens with zero attached hydrogens (tertiary/aromatic N) is 1. The van der Waals surface area contributed by atoms with Crippen LogP contribution in [0.4, 0.5) is 0 Å². The summed E-state index contributed by atoms with van der Waals surface area (Å²) in [6.07, 6.45) is 1.53. The largest absolute Gasteiger partial charge is 0.330 e. The highest BCUT2D eigenvalue weighted by molar-refractivity contribution is 4.35. The quantitative estimate of drug-likeness (QED) is 0.440. The van der Waals surface area contributed by atoms with Gasteiger partial charge in [-0.15, -0.1) is 0 Å². The molecule has 0 aliphatic carbocycles. The molecular formula is C9H22NO+. The molecule has 0 aromatic heterocycles. The van der Waals surface area contributed by atoms with Gasteiger partial charge in [-0.3, -0.25) is 0 Å². The minimum Gasteiger partial charge on any atom is -0.330 e. The zero-order valence-corrected chi connectivity index (χ0v) is 8.55. The number of hydrogen-bond acceptors (Lipinski definition) is 1. The average molecular weight is 160 g/mol. The van der Waals surface area contributed by atoms with Gasteiger partial charge in [-0.25, -0.2) is 0 Å². The second-order valence-electron chi connectivity index (χ2n) is 3.56. The Morgan fingerprint density at radius 3 is 2.18 bits per heavy atom. The van der Waals surface area contributed by atoms with Gasteiger partial charge in [0.2, 0.25) is 0 Å². The van der Waals surface area contributed by atoms with Crippen molar-refractivity contribution in [3.05, 3.63) is 0 Å². The molecule has 0 N–H and O–H groups in total. The molecule has 1 unspecified atom stereocenters. The molecule has 0 aliphatic rings. The fourth-order valence-corrected chi connectivity index (χ4v) is 1.20. The third-order valence-electron chi connectivity index (χ3n) is 2.19. The molecule has 0 aromatic carbocycles. The molecule has 0 aliphatic heterocycles. The van der Waals surface area contributed by atoms with Gasteiger partial charge in [0.15, 0.2) is 6.23 Å². The zero-order chi connectivity index (χ0) is 8.91. The zero-order valence-electron chi connectivity index (χ0n) is 8.55. The molecule has 0 rings (SSSR count). The van der Waals surface area contributed by atoms with Crippen molar-refractivity contribution >= 4 is 0 Å². The minimum absolute atomic E-state index is 0.319. The summed E-state index contributed by atoms with van der Waals surface area (Å²) in [5.41, 5.74) is 0. The van der Waals surface area contributed by atoms with Crippen LogP contribution < -0.4 is 0 Å². The minimum atomic E-state index is 0.319. The van der Waals surface area contributed by atoms with Gasteiger partial charge in [0.05, 0.1) is 27.2 Å². The van der Waals surface area contributed by atoms with Gasteiger partial charge in [-0.05, 0) is 13.3 Å².